The highest BCUT2D eigenvalue weighted by Crippen LogP contribution is 2.29. The topological polar surface area (TPSA) is 81.4 Å². The van der Waals surface area contributed by atoms with Crippen LogP contribution in [0, 0.1) is 20.8 Å². The van der Waals surface area contributed by atoms with Gasteiger partial charge in [-0.1, -0.05) is 12.1 Å². The molecule has 150 valence electrons. The normalized spacial score (nSPS) is 16.7. The highest BCUT2D eigenvalue weighted by Gasteiger charge is 2.29. The van der Waals surface area contributed by atoms with Gasteiger partial charge in [0, 0.05) is 32.1 Å². The SMILES string of the molecule is Cc1cccc(Oc2cncc(C3CCCN(C(=O)c4oc(C)nc4C)C3)n2)c1. The zero-order chi connectivity index (χ0) is 20.4. The number of piperidine rings is 1. The lowest BCUT2D eigenvalue weighted by Crippen LogP contribution is -2.39. The molecule has 1 fully saturated rings. The maximum Gasteiger partial charge on any atom is 0.291 e. The van der Waals surface area contributed by atoms with Crippen LogP contribution in [0.15, 0.2) is 41.1 Å². The fourth-order valence-corrected chi connectivity index (χ4v) is 3.68. The van der Waals surface area contributed by atoms with E-state index < -0.39 is 0 Å². The molecular formula is C22H24N4O3. The average molecular weight is 392 g/mol. The van der Waals surface area contributed by atoms with Gasteiger partial charge in [0.15, 0.2) is 5.89 Å². The summed E-state index contributed by atoms with van der Waals surface area (Å²) >= 11 is 0. The lowest BCUT2D eigenvalue weighted by atomic mass is 9.95. The number of carbonyl (C=O) groups excluding carboxylic acids is 1. The number of aromatic nitrogens is 3. The average Bonchev–Trinajstić information content (AvgIpc) is 3.06. The van der Waals surface area contributed by atoms with Crippen molar-refractivity contribution in [3.63, 3.8) is 0 Å². The van der Waals surface area contributed by atoms with E-state index in [-0.39, 0.29) is 11.8 Å². The Morgan fingerprint density at radius 1 is 1.21 bits per heavy atom. The smallest absolute Gasteiger partial charge is 0.291 e. The van der Waals surface area contributed by atoms with Gasteiger partial charge in [0.25, 0.3) is 5.91 Å². The summed E-state index contributed by atoms with van der Waals surface area (Å²) < 4.78 is 11.4. The molecule has 2 aromatic heterocycles. The minimum atomic E-state index is -0.118. The molecule has 4 rings (SSSR count). The van der Waals surface area contributed by atoms with Crippen LogP contribution in [0.25, 0.3) is 0 Å². The van der Waals surface area contributed by atoms with Gasteiger partial charge in [0.05, 0.1) is 17.6 Å². The van der Waals surface area contributed by atoms with Gasteiger partial charge < -0.3 is 14.1 Å². The Labute approximate surface area is 169 Å². The van der Waals surface area contributed by atoms with E-state index in [9.17, 15) is 4.79 Å². The number of benzene rings is 1. The first-order chi connectivity index (χ1) is 14.0. The van der Waals surface area contributed by atoms with Crippen molar-refractivity contribution in [1.82, 2.24) is 19.9 Å². The summed E-state index contributed by atoms with van der Waals surface area (Å²) in [5.74, 6) is 2.00. The number of likely N-dealkylation sites (tertiary alicyclic amines) is 1. The molecular weight excluding hydrogens is 368 g/mol. The Hall–Kier alpha value is -3.22. The summed E-state index contributed by atoms with van der Waals surface area (Å²) in [6.07, 6.45) is 5.21. The number of nitrogens with zero attached hydrogens (tertiary/aromatic N) is 4. The largest absolute Gasteiger partial charge is 0.437 e. The summed E-state index contributed by atoms with van der Waals surface area (Å²) in [5, 5.41) is 0. The van der Waals surface area contributed by atoms with Crippen molar-refractivity contribution in [3.05, 3.63) is 65.3 Å². The lowest BCUT2D eigenvalue weighted by Gasteiger charge is -2.31. The van der Waals surface area contributed by atoms with E-state index >= 15 is 0 Å². The number of aryl methyl sites for hydroxylation is 3. The monoisotopic (exact) mass is 392 g/mol. The highest BCUT2D eigenvalue weighted by atomic mass is 16.5. The number of ether oxygens (including phenoxy) is 1. The Kier molecular flexibility index (Phi) is 5.29. The van der Waals surface area contributed by atoms with Crippen molar-refractivity contribution in [2.75, 3.05) is 13.1 Å². The molecule has 29 heavy (non-hydrogen) atoms. The van der Waals surface area contributed by atoms with Crippen LogP contribution in [-0.4, -0.2) is 38.8 Å². The molecule has 0 radical (unpaired) electrons. The van der Waals surface area contributed by atoms with Crippen LogP contribution in [0.3, 0.4) is 0 Å². The van der Waals surface area contributed by atoms with Crippen molar-refractivity contribution >= 4 is 5.91 Å². The molecule has 1 unspecified atom stereocenters. The number of hydrogen-bond donors (Lipinski definition) is 0. The van der Waals surface area contributed by atoms with E-state index in [0.29, 0.717) is 36.3 Å². The molecule has 3 heterocycles. The Balaban J connectivity index is 1.49. The molecule has 0 spiro atoms. The van der Waals surface area contributed by atoms with Gasteiger partial charge in [-0.05, 0) is 44.4 Å². The Morgan fingerprint density at radius 3 is 2.83 bits per heavy atom. The molecule has 0 saturated carbocycles. The van der Waals surface area contributed by atoms with Gasteiger partial charge in [-0.2, -0.15) is 0 Å². The maximum atomic E-state index is 12.9. The van der Waals surface area contributed by atoms with Crippen LogP contribution in [-0.2, 0) is 0 Å². The first-order valence-corrected chi connectivity index (χ1v) is 9.79. The number of rotatable bonds is 4. The van der Waals surface area contributed by atoms with E-state index in [0.717, 1.165) is 29.8 Å². The van der Waals surface area contributed by atoms with Gasteiger partial charge in [0.2, 0.25) is 11.6 Å². The molecule has 0 bridgehead atoms. The fraction of sp³-hybridized carbons (Fsp3) is 0.364. The van der Waals surface area contributed by atoms with Gasteiger partial charge in [0.1, 0.15) is 5.75 Å². The van der Waals surface area contributed by atoms with Crippen molar-refractivity contribution in [2.24, 2.45) is 0 Å². The Bertz CT molecular complexity index is 1030. The van der Waals surface area contributed by atoms with Crippen molar-refractivity contribution < 1.29 is 13.9 Å². The van der Waals surface area contributed by atoms with E-state index in [1.54, 1.807) is 26.2 Å². The fourth-order valence-electron chi connectivity index (χ4n) is 3.68. The minimum Gasteiger partial charge on any atom is -0.437 e. The van der Waals surface area contributed by atoms with Crippen molar-refractivity contribution in [2.45, 2.75) is 39.5 Å². The molecule has 1 amide bonds. The van der Waals surface area contributed by atoms with Crippen LogP contribution < -0.4 is 4.74 Å². The summed E-state index contributed by atoms with van der Waals surface area (Å²) in [6, 6.07) is 7.81. The van der Waals surface area contributed by atoms with Crippen LogP contribution in [0.5, 0.6) is 11.6 Å². The summed E-state index contributed by atoms with van der Waals surface area (Å²) in [5.41, 5.74) is 2.58. The third kappa shape index (κ3) is 4.29. The molecule has 0 aliphatic carbocycles. The van der Waals surface area contributed by atoms with Gasteiger partial charge >= 0.3 is 0 Å². The van der Waals surface area contributed by atoms with Crippen molar-refractivity contribution in [1.29, 1.82) is 0 Å². The minimum absolute atomic E-state index is 0.102. The van der Waals surface area contributed by atoms with Crippen LogP contribution in [0.4, 0.5) is 0 Å². The second-order valence-electron chi connectivity index (χ2n) is 7.44. The highest BCUT2D eigenvalue weighted by molar-refractivity contribution is 5.92. The number of hydrogen-bond acceptors (Lipinski definition) is 6. The summed E-state index contributed by atoms with van der Waals surface area (Å²) in [4.78, 5) is 27.9. The van der Waals surface area contributed by atoms with Crippen molar-refractivity contribution in [3.8, 4) is 11.6 Å². The van der Waals surface area contributed by atoms with Crippen LogP contribution in [0.1, 0.15) is 52.2 Å². The predicted molar refractivity (Wildman–Crippen MR) is 107 cm³/mol. The standard InChI is InChI=1S/C22H24N4O3/c1-14-6-4-8-18(10-14)29-20-12-23-11-19(25-20)17-7-5-9-26(13-17)22(27)21-15(2)24-16(3)28-21/h4,6,8,10-12,17H,5,7,9,13H2,1-3H3. The van der Waals surface area contributed by atoms with E-state index in [1.807, 2.05) is 36.1 Å². The molecule has 1 saturated heterocycles. The number of amides is 1. The van der Waals surface area contributed by atoms with E-state index in [4.69, 9.17) is 9.15 Å². The zero-order valence-corrected chi connectivity index (χ0v) is 16.9. The predicted octanol–water partition coefficient (Wildman–Crippen LogP) is 4.20. The van der Waals surface area contributed by atoms with Gasteiger partial charge in [-0.15, -0.1) is 0 Å². The quantitative estimate of drug-likeness (QED) is 0.662. The first kappa shape index (κ1) is 19.1. The van der Waals surface area contributed by atoms with Gasteiger partial charge in [-0.3, -0.25) is 9.78 Å². The lowest BCUT2D eigenvalue weighted by molar-refractivity contribution is 0.0671. The maximum absolute atomic E-state index is 12.9. The van der Waals surface area contributed by atoms with Crippen LogP contribution in [0.2, 0.25) is 0 Å². The molecule has 1 aromatic carbocycles. The molecule has 7 heteroatoms. The molecule has 7 nitrogen and oxygen atoms in total. The summed E-state index contributed by atoms with van der Waals surface area (Å²) in [6.45, 7) is 6.82. The third-order valence-electron chi connectivity index (χ3n) is 5.07. The molecule has 0 N–H and O–H groups in total. The summed E-state index contributed by atoms with van der Waals surface area (Å²) in [7, 11) is 0. The zero-order valence-electron chi connectivity index (χ0n) is 16.9. The second-order valence-corrected chi connectivity index (χ2v) is 7.44. The second kappa shape index (κ2) is 8.03. The molecule has 1 atom stereocenters. The first-order valence-electron chi connectivity index (χ1n) is 9.79. The van der Waals surface area contributed by atoms with Gasteiger partial charge in [-0.25, -0.2) is 9.97 Å². The third-order valence-corrected chi connectivity index (χ3v) is 5.07. The molecule has 1 aliphatic rings. The number of oxazole rings is 1. The molecule has 3 aromatic rings. The van der Waals surface area contributed by atoms with Crippen LogP contribution >= 0.6 is 0 Å². The van der Waals surface area contributed by atoms with E-state index in [2.05, 4.69) is 15.0 Å². The Morgan fingerprint density at radius 2 is 2.07 bits per heavy atom. The molecule has 1 aliphatic heterocycles. The number of carbonyl (C=O) groups is 1. The van der Waals surface area contributed by atoms with E-state index in [1.165, 1.54) is 0 Å².